The van der Waals surface area contributed by atoms with Crippen LogP contribution in [0.2, 0.25) is 0 Å². The van der Waals surface area contributed by atoms with Crippen LogP contribution in [0.15, 0.2) is 36.5 Å². The SMILES string of the molecule is CCN1C(=O)c2cccnc2Nc2cccc(C)c21. The van der Waals surface area contributed by atoms with E-state index in [1.807, 2.05) is 38.1 Å². The van der Waals surface area contributed by atoms with E-state index < -0.39 is 0 Å². The Morgan fingerprint density at radius 2 is 2.11 bits per heavy atom. The van der Waals surface area contributed by atoms with Crippen molar-refractivity contribution in [2.45, 2.75) is 13.8 Å². The van der Waals surface area contributed by atoms with Crippen molar-refractivity contribution < 1.29 is 4.79 Å². The predicted octanol–water partition coefficient (Wildman–Crippen LogP) is 3.11. The summed E-state index contributed by atoms with van der Waals surface area (Å²) in [4.78, 5) is 18.7. The van der Waals surface area contributed by atoms with Crippen LogP contribution in [0.1, 0.15) is 22.8 Å². The Bertz CT molecular complexity index is 652. The zero-order valence-corrected chi connectivity index (χ0v) is 11.0. The van der Waals surface area contributed by atoms with E-state index in [4.69, 9.17) is 0 Å². The number of nitrogens with zero attached hydrogens (tertiary/aromatic N) is 2. The van der Waals surface area contributed by atoms with Crippen LogP contribution in [0.4, 0.5) is 17.2 Å². The predicted molar refractivity (Wildman–Crippen MR) is 76.0 cm³/mol. The van der Waals surface area contributed by atoms with Gasteiger partial charge in [-0.05, 0) is 37.6 Å². The maximum absolute atomic E-state index is 12.6. The molecule has 1 aromatic carbocycles. The van der Waals surface area contributed by atoms with E-state index >= 15 is 0 Å². The average Bonchev–Trinajstić information content (AvgIpc) is 2.54. The molecule has 2 aromatic rings. The zero-order chi connectivity index (χ0) is 13.4. The third-order valence-electron chi connectivity index (χ3n) is 3.36. The number of fused-ring (bicyclic) bond motifs is 2. The molecule has 4 heteroatoms. The molecular weight excluding hydrogens is 238 g/mol. The molecule has 1 aromatic heterocycles. The standard InChI is InChI=1S/C15H15N3O/c1-3-18-13-10(2)6-4-8-12(13)17-14-11(15(18)19)7-5-9-16-14/h4-9H,3H2,1-2H3,(H,16,17). The number of aryl methyl sites for hydroxylation is 1. The van der Waals surface area contributed by atoms with Gasteiger partial charge in [-0.25, -0.2) is 4.98 Å². The van der Waals surface area contributed by atoms with Gasteiger partial charge in [-0.15, -0.1) is 0 Å². The number of carbonyl (C=O) groups excluding carboxylic acids is 1. The minimum atomic E-state index is -0.00819. The van der Waals surface area contributed by atoms with E-state index in [1.165, 1.54) is 0 Å². The van der Waals surface area contributed by atoms with Crippen molar-refractivity contribution in [2.24, 2.45) is 0 Å². The maximum Gasteiger partial charge on any atom is 0.262 e. The molecule has 4 nitrogen and oxygen atoms in total. The Morgan fingerprint density at radius 1 is 1.26 bits per heavy atom. The number of aromatic nitrogens is 1. The number of hydrogen-bond donors (Lipinski definition) is 1. The highest BCUT2D eigenvalue weighted by atomic mass is 16.2. The molecule has 0 saturated carbocycles. The van der Waals surface area contributed by atoms with Gasteiger partial charge in [-0.3, -0.25) is 4.79 Å². The summed E-state index contributed by atoms with van der Waals surface area (Å²) in [6.45, 7) is 4.63. The molecular formula is C15H15N3O. The van der Waals surface area contributed by atoms with Gasteiger partial charge < -0.3 is 10.2 Å². The summed E-state index contributed by atoms with van der Waals surface area (Å²) in [6, 6.07) is 9.56. The number of para-hydroxylation sites is 1. The van der Waals surface area contributed by atoms with Gasteiger partial charge in [0.25, 0.3) is 5.91 Å². The number of carbonyl (C=O) groups is 1. The number of amides is 1. The topological polar surface area (TPSA) is 45.2 Å². The molecule has 0 fully saturated rings. The number of anilines is 3. The Hall–Kier alpha value is -2.36. The second-order valence-electron chi connectivity index (χ2n) is 4.55. The molecule has 96 valence electrons. The van der Waals surface area contributed by atoms with Crippen LogP contribution in [0.3, 0.4) is 0 Å². The van der Waals surface area contributed by atoms with E-state index in [9.17, 15) is 4.79 Å². The molecule has 0 radical (unpaired) electrons. The van der Waals surface area contributed by atoms with Crippen molar-refractivity contribution >= 4 is 23.1 Å². The highest BCUT2D eigenvalue weighted by Crippen LogP contribution is 2.36. The number of rotatable bonds is 1. The summed E-state index contributed by atoms with van der Waals surface area (Å²) in [5, 5.41) is 3.26. The molecule has 0 bridgehead atoms. The van der Waals surface area contributed by atoms with Crippen LogP contribution < -0.4 is 10.2 Å². The quantitative estimate of drug-likeness (QED) is 0.849. The van der Waals surface area contributed by atoms with Crippen LogP contribution in [0.5, 0.6) is 0 Å². The lowest BCUT2D eigenvalue weighted by atomic mass is 10.1. The maximum atomic E-state index is 12.6. The van der Waals surface area contributed by atoms with Gasteiger partial charge in [-0.2, -0.15) is 0 Å². The fraction of sp³-hybridized carbons (Fsp3) is 0.200. The molecule has 0 saturated heterocycles. The van der Waals surface area contributed by atoms with Gasteiger partial charge >= 0.3 is 0 Å². The molecule has 0 spiro atoms. The summed E-state index contributed by atoms with van der Waals surface area (Å²) in [5.74, 6) is 0.612. The second kappa shape index (κ2) is 4.39. The van der Waals surface area contributed by atoms with Gasteiger partial charge in [0.15, 0.2) is 0 Å². The van der Waals surface area contributed by atoms with Gasteiger partial charge in [0.05, 0.1) is 16.9 Å². The number of benzene rings is 1. The van der Waals surface area contributed by atoms with Crippen LogP contribution in [0, 0.1) is 6.92 Å². The summed E-state index contributed by atoms with van der Waals surface area (Å²) < 4.78 is 0. The largest absolute Gasteiger partial charge is 0.338 e. The van der Waals surface area contributed by atoms with Crippen LogP contribution in [0.25, 0.3) is 0 Å². The van der Waals surface area contributed by atoms with Crippen molar-refractivity contribution in [3.05, 3.63) is 47.7 Å². The van der Waals surface area contributed by atoms with E-state index in [1.54, 1.807) is 17.2 Å². The molecule has 1 amide bonds. The lowest BCUT2D eigenvalue weighted by Gasteiger charge is -2.22. The third-order valence-corrected chi connectivity index (χ3v) is 3.36. The van der Waals surface area contributed by atoms with E-state index in [0.29, 0.717) is 17.9 Å². The first kappa shape index (κ1) is 11.7. The Balaban J connectivity index is 2.27. The molecule has 3 rings (SSSR count). The first-order valence-electron chi connectivity index (χ1n) is 6.36. The Kier molecular flexibility index (Phi) is 2.71. The normalized spacial score (nSPS) is 13.4. The molecule has 1 aliphatic rings. The van der Waals surface area contributed by atoms with Gasteiger partial charge in [0.2, 0.25) is 0 Å². The Labute approximate surface area is 112 Å². The van der Waals surface area contributed by atoms with Gasteiger partial charge in [0.1, 0.15) is 5.82 Å². The second-order valence-corrected chi connectivity index (χ2v) is 4.55. The number of pyridine rings is 1. The van der Waals surface area contributed by atoms with Crippen molar-refractivity contribution in [1.82, 2.24) is 4.98 Å². The number of nitrogens with one attached hydrogen (secondary N) is 1. The monoisotopic (exact) mass is 253 g/mol. The lowest BCUT2D eigenvalue weighted by molar-refractivity contribution is 0.0989. The minimum Gasteiger partial charge on any atom is -0.338 e. The molecule has 19 heavy (non-hydrogen) atoms. The van der Waals surface area contributed by atoms with E-state index in [2.05, 4.69) is 10.3 Å². The summed E-state index contributed by atoms with van der Waals surface area (Å²) in [7, 11) is 0. The molecule has 1 N–H and O–H groups in total. The highest BCUT2D eigenvalue weighted by molar-refractivity contribution is 6.13. The van der Waals surface area contributed by atoms with Crippen molar-refractivity contribution in [3.63, 3.8) is 0 Å². The minimum absolute atomic E-state index is 0.00819. The number of hydrogen-bond acceptors (Lipinski definition) is 3. The van der Waals surface area contributed by atoms with Gasteiger partial charge in [0, 0.05) is 12.7 Å². The van der Waals surface area contributed by atoms with Crippen molar-refractivity contribution in [1.29, 1.82) is 0 Å². The average molecular weight is 253 g/mol. The van der Waals surface area contributed by atoms with Crippen LogP contribution in [-0.4, -0.2) is 17.4 Å². The smallest absolute Gasteiger partial charge is 0.262 e. The highest BCUT2D eigenvalue weighted by Gasteiger charge is 2.27. The van der Waals surface area contributed by atoms with E-state index in [-0.39, 0.29) is 5.91 Å². The summed E-state index contributed by atoms with van der Waals surface area (Å²) in [5.41, 5.74) is 3.55. The Morgan fingerprint density at radius 3 is 2.89 bits per heavy atom. The summed E-state index contributed by atoms with van der Waals surface area (Å²) in [6.07, 6.45) is 1.69. The van der Waals surface area contributed by atoms with Crippen molar-refractivity contribution in [2.75, 3.05) is 16.8 Å². The van der Waals surface area contributed by atoms with Crippen LogP contribution >= 0.6 is 0 Å². The molecule has 0 atom stereocenters. The first-order valence-corrected chi connectivity index (χ1v) is 6.36. The summed E-state index contributed by atoms with van der Waals surface area (Å²) >= 11 is 0. The third kappa shape index (κ3) is 1.76. The zero-order valence-electron chi connectivity index (χ0n) is 11.0. The first-order chi connectivity index (χ1) is 9.22. The lowest BCUT2D eigenvalue weighted by Crippen LogP contribution is -2.30. The fourth-order valence-corrected chi connectivity index (χ4v) is 2.47. The van der Waals surface area contributed by atoms with Gasteiger partial charge in [-0.1, -0.05) is 12.1 Å². The molecule has 2 heterocycles. The molecule has 0 aliphatic carbocycles. The molecule has 1 aliphatic heterocycles. The fourth-order valence-electron chi connectivity index (χ4n) is 2.47. The van der Waals surface area contributed by atoms with Crippen LogP contribution in [-0.2, 0) is 0 Å². The van der Waals surface area contributed by atoms with E-state index in [0.717, 1.165) is 16.9 Å². The van der Waals surface area contributed by atoms with Crippen molar-refractivity contribution in [3.8, 4) is 0 Å². The molecule has 0 unspecified atom stereocenters.